The molecule has 1 unspecified atom stereocenters. The van der Waals surface area contributed by atoms with E-state index in [4.69, 9.17) is 24.3 Å². The lowest BCUT2D eigenvalue weighted by Crippen LogP contribution is -2.33. The molecule has 2 aromatic rings. The van der Waals surface area contributed by atoms with Crippen LogP contribution < -0.4 is 14.9 Å². The molecular weight excluding hydrogens is 325 g/mol. The maximum Gasteiger partial charge on any atom is 0.494 e. The predicted octanol–water partition coefficient (Wildman–Crippen LogP) is 2.69. The van der Waals surface area contributed by atoms with E-state index in [1.165, 1.54) is 0 Å². The van der Waals surface area contributed by atoms with Crippen molar-refractivity contribution in [1.82, 2.24) is 0 Å². The fraction of sp³-hybridized carbons (Fsp3) is 0.188. The van der Waals surface area contributed by atoms with Gasteiger partial charge in [-0.1, -0.05) is 30.3 Å². The van der Waals surface area contributed by atoms with E-state index in [1.54, 1.807) is 24.3 Å². The summed E-state index contributed by atoms with van der Waals surface area (Å²) in [5.74, 6) is 0.852. The van der Waals surface area contributed by atoms with Gasteiger partial charge in [0.1, 0.15) is 18.1 Å². The van der Waals surface area contributed by atoms with Gasteiger partial charge in [-0.2, -0.15) is 0 Å². The molecule has 1 heterocycles. The number of carbonyl (C=O) groups is 1. The number of hydrogen-bond donors (Lipinski definition) is 0. The largest absolute Gasteiger partial charge is 0.494 e. The Morgan fingerprint density at radius 3 is 2.64 bits per heavy atom. The molecule has 1 saturated heterocycles. The average molecular weight is 339 g/mol. The highest BCUT2D eigenvalue weighted by Gasteiger charge is 2.33. The van der Waals surface area contributed by atoms with Gasteiger partial charge in [0.05, 0.1) is 12.7 Å². The summed E-state index contributed by atoms with van der Waals surface area (Å²) in [6.07, 6.45) is -1.19. The van der Waals surface area contributed by atoms with Crippen molar-refractivity contribution in [2.45, 2.75) is 6.10 Å². The second-order valence-corrected chi connectivity index (χ2v) is 5.17. The first kappa shape index (κ1) is 16.8. The molecule has 2 aromatic carbocycles. The fourth-order valence-electron chi connectivity index (χ4n) is 2.27. The summed E-state index contributed by atoms with van der Waals surface area (Å²) < 4.78 is 21.9. The maximum atomic E-state index is 11.0. The molecule has 1 aliphatic heterocycles. The van der Waals surface area contributed by atoms with E-state index in [-0.39, 0.29) is 19.0 Å². The van der Waals surface area contributed by atoms with Crippen molar-refractivity contribution >= 4 is 18.7 Å². The molecule has 126 valence electrons. The number of hydrogen-bond acceptors (Lipinski definition) is 5. The third-order valence-corrected chi connectivity index (χ3v) is 3.41. The third kappa shape index (κ3) is 4.74. The molecule has 9 heteroatoms. The maximum absolute atomic E-state index is 11.0. The van der Waals surface area contributed by atoms with Gasteiger partial charge in [-0.05, 0) is 35.3 Å². The topological polar surface area (TPSA) is 103 Å². The Morgan fingerprint density at radius 1 is 1.20 bits per heavy atom. The monoisotopic (exact) mass is 339 g/mol. The molecule has 0 saturated carbocycles. The quantitative estimate of drug-likeness (QED) is 0.361. The number of nitrogens with zero attached hydrogens (tertiary/aromatic N) is 3. The summed E-state index contributed by atoms with van der Waals surface area (Å²) in [6, 6.07) is 16.1. The molecule has 1 atom stereocenters. The molecule has 0 bridgehead atoms. The number of amides is 1. The Labute approximate surface area is 144 Å². The summed E-state index contributed by atoms with van der Waals surface area (Å²) >= 11 is 0. The standard InChI is InChI=1S/C16H14BN3O5/c18-20-19-16(21)24-14-8-6-13(7-9-14)22-10-15-11-23-17(25-15)12-4-2-1-3-5-12/h1-9,15H,10-11H2. The number of ether oxygens (including phenoxy) is 2. The van der Waals surface area contributed by atoms with E-state index in [0.717, 1.165) is 5.46 Å². The van der Waals surface area contributed by atoms with E-state index < -0.39 is 6.09 Å². The van der Waals surface area contributed by atoms with Gasteiger partial charge in [-0.15, -0.1) is 0 Å². The minimum absolute atomic E-state index is 0.173. The highest BCUT2D eigenvalue weighted by Crippen LogP contribution is 2.19. The van der Waals surface area contributed by atoms with Crippen molar-refractivity contribution in [3.05, 3.63) is 65.0 Å². The van der Waals surface area contributed by atoms with Crippen LogP contribution in [0.2, 0.25) is 0 Å². The number of rotatable bonds is 5. The molecule has 0 radical (unpaired) electrons. The van der Waals surface area contributed by atoms with Crippen molar-refractivity contribution in [2.24, 2.45) is 5.11 Å². The Bertz CT molecular complexity index is 765. The summed E-state index contributed by atoms with van der Waals surface area (Å²) in [5.41, 5.74) is 9.11. The van der Waals surface area contributed by atoms with Gasteiger partial charge in [0.2, 0.25) is 0 Å². The highest BCUT2D eigenvalue weighted by molar-refractivity contribution is 6.61. The van der Waals surface area contributed by atoms with Gasteiger partial charge >= 0.3 is 13.2 Å². The predicted molar refractivity (Wildman–Crippen MR) is 89.8 cm³/mol. The average Bonchev–Trinajstić information content (AvgIpc) is 3.11. The van der Waals surface area contributed by atoms with Gasteiger partial charge in [-0.3, -0.25) is 0 Å². The molecule has 25 heavy (non-hydrogen) atoms. The summed E-state index contributed by atoms with van der Waals surface area (Å²) in [5, 5.41) is 2.82. The first-order valence-corrected chi connectivity index (χ1v) is 7.56. The molecule has 1 amide bonds. The number of azide groups is 1. The molecule has 8 nitrogen and oxygen atoms in total. The normalized spacial score (nSPS) is 16.2. The number of benzene rings is 2. The minimum Gasteiger partial charge on any atom is -0.491 e. The van der Waals surface area contributed by atoms with E-state index in [2.05, 4.69) is 10.0 Å². The van der Waals surface area contributed by atoms with Crippen LogP contribution in [-0.4, -0.2) is 32.5 Å². The van der Waals surface area contributed by atoms with Crippen molar-refractivity contribution < 1.29 is 23.6 Å². The number of carbonyl (C=O) groups excluding carboxylic acids is 1. The molecule has 0 spiro atoms. The SMILES string of the molecule is [N-]=[N+]=NC(=O)Oc1ccc(OCC2COB(c3ccccc3)O2)cc1. The molecule has 3 rings (SSSR count). The molecule has 1 aliphatic rings. The van der Waals surface area contributed by atoms with Crippen LogP contribution in [0.5, 0.6) is 11.5 Å². The Balaban J connectivity index is 1.47. The van der Waals surface area contributed by atoms with Crippen LogP contribution >= 0.6 is 0 Å². The van der Waals surface area contributed by atoms with Crippen molar-refractivity contribution in [3.8, 4) is 11.5 Å². The van der Waals surface area contributed by atoms with Crippen LogP contribution in [-0.2, 0) is 9.31 Å². The summed E-state index contributed by atoms with van der Waals surface area (Å²) in [4.78, 5) is 13.4. The smallest absolute Gasteiger partial charge is 0.491 e. The lowest BCUT2D eigenvalue weighted by molar-refractivity contribution is 0.148. The van der Waals surface area contributed by atoms with Crippen LogP contribution in [0.3, 0.4) is 0 Å². The van der Waals surface area contributed by atoms with E-state index in [0.29, 0.717) is 19.0 Å². The van der Waals surface area contributed by atoms with Gasteiger partial charge in [-0.25, -0.2) is 4.79 Å². The summed E-state index contributed by atoms with van der Waals surface area (Å²) in [6.45, 7) is 0.780. The second-order valence-electron chi connectivity index (χ2n) is 5.17. The second kappa shape index (κ2) is 8.21. The van der Waals surface area contributed by atoms with Crippen LogP contribution in [0.4, 0.5) is 4.79 Å². The van der Waals surface area contributed by atoms with Crippen molar-refractivity contribution in [2.75, 3.05) is 13.2 Å². The molecule has 0 aliphatic carbocycles. The highest BCUT2D eigenvalue weighted by atomic mass is 16.7. The first-order chi connectivity index (χ1) is 12.2. The van der Waals surface area contributed by atoms with Crippen LogP contribution in [0.25, 0.3) is 10.4 Å². The first-order valence-electron chi connectivity index (χ1n) is 7.56. The van der Waals surface area contributed by atoms with Gasteiger partial charge < -0.3 is 18.8 Å². The third-order valence-electron chi connectivity index (χ3n) is 3.41. The fourth-order valence-corrected chi connectivity index (χ4v) is 2.27. The lowest BCUT2D eigenvalue weighted by atomic mass is 9.79. The zero-order chi connectivity index (χ0) is 17.5. The Kier molecular flexibility index (Phi) is 5.53. The van der Waals surface area contributed by atoms with Crippen LogP contribution in [0.1, 0.15) is 0 Å². The summed E-state index contributed by atoms with van der Waals surface area (Å²) in [7, 11) is -0.378. The lowest BCUT2D eigenvalue weighted by Gasteiger charge is -2.12. The van der Waals surface area contributed by atoms with Crippen LogP contribution in [0, 0.1) is 0 Å². The van der Waals surface area contributed by atoms with Crippen molar-refractivity contribution in [1.29, 1.82) is 0 Å². The van der Waals surface area contributed by atoms with E-state index >= 15 is 0 Å². The molecule has 1 fully saturated rings. The van der Waals surface area contributed by atoms with Gasteiger partial charge in [0, 0.05) is 10.0 Å². The van der Waals surface area contributed by atoms with Crippen molar-refractivity contribution in [3.63, 3.8) is 0 Å². The van der Waals surface area contributed by atoms with Gasteiger partial charge in [0.25, 0.3) is 0 Å². The molecular formula is C16H14BN3O5. The van der Waals surface area contributed by atoms with E-state index in [1.807, 2.05) is 30.3 Å². The van der Waals surface area contributed by atoms with E-state index in [9.17, 15) is 4.79 Å². The molecule has 0 N–H and O–H groups in total. The van der Waals surface area contributed by atoms with Crippen LogP contribution in [0.15, 0.2) is 59.7 Å². The van der Waals surface area contributed by atoms with Gasteiger partial charge in [0.15, 0.2) is 0 Å². The molecule has 0 aromatic heterocycles. The zero-order valence-corrected chi connectivity index (χ0v) is 13.1. The minimum atomic E-state index is -1.01. The Morgan fingerprint density at radius 2 is 1.92 bits per heavy atom. The Hall–Kier alpha value is -3.00. The zero-order valence-electron chi connectivity index (χ0n) is 13.1.